The Morgan fingerprint density at radius 1 is 1.04 bits per heavy atom. The van der Waals surface area contributed by atoms with Crippen LogP contribution in [-0.4, -0.2) is 23.3 Å². The van der Waals surface area contributed by atoms with Crippen LogP contribution in [0, 0.1) is 0 Å². The van der Waals surface area contributed by atoms with E-state index >= 15 is 0 Å². The smallest absolute Gasteiger partial charge is 0.330 e. The number of esters is 1. The zero-order chi connectivity index (χ0) is 18.5. The van der Waals surface area contributed by atoms with Crippen molar-refractivity contribution in [2.45, 2.75) is 18.5 Å². The molecular formula is C21H19NO4. The molecule has 0 fully saturated rings. The molecule has 0 amide bonds. The molecule has 26 heavy (non-hydrogen) atoms. The number of carbonyl (C=O) groups excluding carboxylic acids is 1. The van der Waals surface area contributed by atoms with Crippen LogP contribution in [0.15, 0.2) is 54.6 Å². The van der Waals surface area contributed by atoms with E-state index < -0.39 is 17.6 Å². The van der Waals surface area contributed by atoms with Gasteiger partial charge in [-0.15, -0.1) is 0 Å². The SMILES string of the molecule is COC(=O)[C@@]1(C)N[C@@H](c2ccc3ccccc3c2)c2c(O)ccc(O)c21. The van der Waals surface area contributed by atoms with Crippen molar-refractivity contribution < 1.29 is 19.7 Å². The van der Waals surface area contributed by atoms with Gasteiger partial charge in [-0.25, -0.2) is 4.79 Å². The van der Waals surface area contributed by atoms with Gasteiger partial charge in [0.1, 0.15) is 17.0 Å². The van der Waals surface area contributed by atoms with E-state index in [1.54, 1.807) is 6.92 Å². The van der Waals surface area contributed by atoms with Gasteiger partial charge in [-0.3, -0.25) is 5.32 Å². The molecule has 132 valence electrons. The zero-order valence-electron chi connectivity index (χ0n) is 14.5. The summed E-state index contributed by atoms with van der Waals surface area (Å²) in [4.78, 5) is 12.5. The lowest BCUT2D eigenvalue weighted by Gasteiger charge is -2.24. The maximum Gasteiger partial charge on any atom is 0.330 e. The number of ether oxygens (including phenoxy) is 1. The van der Waals surface area contributed by atoms with Gasteiger partial charge < -0.3 is 14.9 Å². The highest BCUT2D eigenvalue weighted by Gasteiger charge is 2.50. The van der Waals surface area contributed by atoms with Crippen molar-refractivity contribution >= 4 is 16.7 Å². The molecule has 0 aliphatic carbocycles. The Morgan fingerprint density at radius 3 is 2.46 bits per heavy atom. The molecule has 0 bridgehead atoms. The third-order valence-electron chi connectivity index (χ3n) is 5.12. The second kappa shape index (κ2) is 5.75. The number of phenolic OH excluding ortho intramolecular Hbond substituents is 2. The average Bonchev–Trinajstić information content (AvgIpc) is 2.99. The van der Waals surface area contributed by atoms with Crippen LogP contribution in [0.5, 0.6) is 11.5 Å². The first-order valence-electron chi connectivity index (χ1n) is 8.36. The average molecular weight is 349 g/mol. The van der Waals surface area contributed by atoms with E-state index in [0.717, 1.165) is 16.3 Å². The Labute approximate surface area is 150 Å². The minimum absolute atomic E-state index is 0.0242. The monoisotopic (exact) mass is 349 g/mol. The van der Waals surface area contributed by atoms with Gasteiger partial charge in [0.25, 0.3) is 0 Å². The van der Waals surface area contributed by atoms with Crippen molar-refractivity contribution in [1.29, 1.82) is 0 Å². The van der Waals surface area contributed by atoms with E-state index in [0.29, 0.717) is 11.1 Å². The summed E-state index contributed by atoms with van der Waals surface area (Å²) < 4.78 is 4.95. The Balaban J connectivity index is 1.93. The molecule has 1 aliphatic rings. The van der Waals surface area contributed by atoms with Crippen molar-refractivity contribution in [3.05, 3.63) is 71.3 Å². The molecule has 0 radical (unpaired) electrons. The minimum Gasteiger partial charge on any atom is -0.508 e. The van der Waals surface area contributed by atoms with Crippen molar-refractivity contribution in [2.75, 3.05) is 7.11 Å². The van der Waals surface area contributed by atoms with E-state index in [1.807, 2.05) is 42.5 Å². The van der Waals surface area contributed by atoms with Gasteiger partial charge in [0.2, 0.25) is 0 Å². The van der Waals surface area contributed by atoms with Crippen LogP contribution >= 0.6 is 0 Å². The summed E-state index contributed by atoms with van der Waals surface area (Å²) >= 11 is 0. The van der Waals surface area contributed by atoms with Gasteiger partial charge in [0.15, 0.2) is 0 Å². The summed E-state index contributed by atoms with van der Waals surface area (Å²) in [7, 11) is 1.30. The third-order valence-corrected chi connectivity index (χ3v) is 5.12. The van der Waals surface area contributed by atoms with Gasteiger partial charge >= 0.3 is 5.97 Å². The first-order valence-corrected chi connectivity index (χ1v) is 8.36. The molecule has 4 rings (SSSR count). The normalized spacial score (nSPS) is 21.5. The second-order valence-corrected chi connectivity index (χ2v) is 6.69. The fourth-order valence-electron chi connectivity index (χ4n) is 3.85. The van der Waals surface area contributed by atoms with Crippen molar-refractivity contribution in [3.8, 4) is 11.5 Å². The van der Waals surface area contributed by atoms with Crippen LogP contribution in [-0.2, 0) is 15.1 Å². The topological polar surface area (TPSA) is 78.8 Å². The van der Waals surface area contributed by atoms with Gasteiger partial charge in [-0.1, -0.05) is 36.4 Å². The molecule has 0 aromatic heterocycles. The number of rotatable bonds is 2. The number of fused-ring (bicyclic) bond motifs is 2. The standard InChI is InChI=1S/C21H19NO4/c1-21(20(25)26-2)18-16(24)10-9-15(23)17(18)19(22-21)14-8-7-12-5-3-4-6-13(12)11-14/h3-11,19,22-24H,1-2H3/t19-,21-/m0/s1. The molecule has 2 atom stereocenters. The summed E-state index contributed by atoms with van der Waals surface area (Å²) in [5.41, 5.74) is 0.470. The molecule has 3 aromatic rings. The van der Waals surface area contributed by atoms with Crippen molar-refractivity contribution in [2.24, 2.45) is 0 Å². The third kappa shape index (κ3) is 2.24. The van der Waals surface area contributed by atoms with Crippen LogP contribution < -0.4 is 5.32 Å². The first-order chi connectivity index (χ1) is 12.5. The van der Waals surface area contributed by atoms with Gasteiger partial charge in [0.05, 0.1) is 13.2 Å². The summed E-state index contributed by atoms with van der Waals surface area (Å²) in [6.07, 6.45) is 0. The fourth-order valence-corrected chi connectivity index (χ4v) is 3.85. The number of nitrogens with one attached hydrogen (secondary N) is 1. The van der Waals surface area contributed by atoms with Crippen LogP contribution in [0.4, 0.5) is 0 Å². The number of hydrogen-bond donors (Lipinski definition) is 3. The highest BCUT2D eigenvalue weighted by molar-refractivity contribution is 5.87. The largest absolute Gasteiger partial charge is 0.508 e. The lowest BCUT2D eigenvalue weighted by molar-refractivity contribution is -0.148. The molecule has 0 saturated heterocycles. The Hall–Kier alpha value is -3.05. The Kier molecular flexibility index (Phi) is 3.63. The van der Waals surface area contributed by atoms with Gasteiger partial charge in [-0.2, -0.15) is 0 Å². The predicted molar refractivity (Wildman–Crippen MR) is 98.1 cm³/mol. The lowest BCUT2D eigenvalue weighted by atomic mass is 9.89. The van der Waals surface area contributed by atoms with Crippen molar-refractivity contribution in [3.63, 3.8) is 0 Å². The molecule has 1 heterocycles. The molecule has 0 spiro atoms. The number of aromatic hydroxyl groups is 2. The summed E-state index contributed by atoms with van der Waals surface area (Å²) in [5.74, 6) is -0.555. The maximum absolute atomic E-state index is 12.5. The predicted octanol–water partition coefficient (Wildman–Crippen LogP) is 3.33. The number of carbonyl (C=O) groups is 1. The molecule has 3 aromatic carbocycles. The maximum atomic E-state index is 12.5. The molecule has 0 saturated carbocycles. The van der Waals surface area contributed by atoms with E-state index in [9.17, 15) is 15.0 Å². The first kappa shape index (κ1) is 16.4. The molecule has 3 N–H and O–H groups in total. The summed E-state index contributed by atoms with van der Waals surface area (Å²) in [6, 6.07) is 16.3. The number of methoxy groups -OCH3 is 1. The molecular weight excluding hydrogens is 330 g/mol. The Bertz CT molecular complexity index is 1030. The van der Waals surface area contributed by atoms with E-state index in [1.165, 1.54) is 19.2 Å². The van der Waals surface area contributed by atoms with Crippen LogP contribution in [0.25, 0.3) is 10.8 Å². The number of hydrogen-bond acceptors (Lipinski definition) is 5. The zero-order valence-corrected chi connectivity index (χ0v) is 14.5. The fraction of sp³-hybridized carbons (Fsp3) is 0.190. The highest BCUT2D eigenvalue weighted by Crippen LogP contribution is 2.49. The molecule has 0 unspecified atom stereocenters. The molecule has 5 heteroatoms. The second-order valence-electron chi connectivity index (χ2n) is 6.69. The summed E-state index contributed by atoms with van der Waals surface area (Å²) in [6.45, 7) is 1.65. The minimum atomic E-state index is -1.26. The van der Waals surface area contributed by atoms with Gasteiger partial charge in [-0.05, 0) is 41.5 Å². The number of benzene rings is 3. The highest BCUT2D eigenvalue weighted by atomic mass is 16.5. The number of phenols is 2. The lowest BCUT2D eigenvalue weighted by Crippen LogP contribution is -2.44. The van der Waals surface area contributed by atoms with Crippen LogP contribution in [0.3, 0.4) is 0 Å². The quantitative estimate of drug-likeness (QED) is 0.489. The Morgan fingerprint density at radius 2 is 1.73 bits per heavy atom. The summed E-state index contributed by atoms with van der Waals surface area (Å²) in [5, 5.41) is 26.3. The van der Waals surface area contributed by atoms with E-state index in [2.05, 4.69) is 5.32 Å². The molecule has 5 nitrogen and oxygen atoms in total. The van der Waals surface area contributed by atoms with Crippen LogP contribution in [0.1, 0.15) is 29.7 Å². The van der Waals surface area contributed by atoms with Crippen LogP contribution in [0.2, 0.25) is 0 Å². The van der Waals surface area contributed by atoms with Crippen molar-refractivity contribution in [1.82, 2.24) is 5.32 Å². The van der Waals surface area contributed by atoms with E-state index in [4.69, 9.17) is 4.74 Å². The van der Waals surface area contributed by atoms with E-state index in [-0.39, 0.29) is 11.5 Å². The molecule has 1 aliphatic heterocycles. The van der Waals surface area contributed by atoms with Gasteiger partial charge in [0, 0.05) is 11.1 Å².